The average molecular weight is 368 g/mol. The molecule has 3 rings (SSSR count). The van der Waals surface area contributed by atoms with Crippen molar-refractivity contribution >= 4 is 34.0 Å². The molecule has 1 atom stereocenters. The molecule has 1 aromatic carbocycles. The van der Waals surface area contributed by atoms with Crippen LogP contribution >= 0.6 is 22.9 Å². The Morgan fingerprint density at radius 3 is 3.04 bits per heavy atom. The highest BCUT2D eigenvalue weighted by Crippen LogP contribution is 2.40. The Labute approximate surface area is 149 Å². The molecule has 1 unspecified atom stereocenters. The summed E-state index contributed by atoms with van der Waals surface area (Å²) in [6, 6.07) is 5.12. The molecule has 0 bridgehead atoms. The van der Waals surface area contributed by atoms with Crippen LogP contribution in [0, 0.1) is 0 Å². The highest BCUT2D eigenvalue weighted by atomic mass is 35.5. The van der Waals surface area contributed by atoms with Crippen molar-refractivity contribution in [3.05, 3.63) is 39.4 Å². The summed E-state index contributed by atoms with van der Waals surface area (Å²) in [5, 5.41) is 13.9. The predicted octanol–water partition coefficient (Wildman–Crippen LogP) is 2.56. The fraction of sp³-hybridized carbons (Fsp3) is 0.375. The Morgan fingerprint density at radius 2 is 2.33 bits per heavy atom. The Balaban J connectivity index is 2.00. The van der Waals surface area contributed by atoms with Crippen LogP contribution in [-0.2, 0) is 11.2 Å². The summed E-state index contributed by atoms with van der Waals surface area (Å²) in [5.41, 5.74) is 1.90. The van der Waals surface area contributed by atoms with E-state index in [-0.39, 0.29) is 12.6 Å². The van der Waals surface area contributed by atoms with Crippen molar-refractivity contribution in [2.75, 3.05) is 32.1 Å². The van der Waals surface area contributed by atoms with Crippen LogP contribution in [0.5, 0.6) is 5.75 Å². The van der Waals surface area contributed by atoms with Gasteiger partial charge in [0.05, 0.1) is 16.6 Å². The predicted molar refractivity (Wildman–Crippen MR) is 94.6 cm³/mol. The van der Waals surface area contributed by atoms with Crippen LogP contribution in [0.2, 0.25) is 5.02 Å². The Hall–Kier alpha value is -1.83. The maximum absolute atomic E-state index is 10.8. The molecule has 128 valence electrons. The number of carboxylic acid groups (broad SMARTS) is 1. The summed E-state index contributed by atoms with van der Waals surface area (Å²) in [7, 11) is 3.93. The molecule has 2 N–H and O–H groups in total. The van der Waals surface area contributed by atoms with Gasteiger partial charge >= 0.3 is 5.97 Å². The number of benzene rings is 1. The van der Waals surface area contributed by atoms with Crippen LogP contribution in [-0.4, -0.2) is 43.3 Å². The Bertz CT molecular complexity index is 763. The van der Waals surface area contributed by atoms with Crippen molar-refractivity contribution in [2.24, 2.45) is 0 Å². The van der Waals surface area contributed by atoms with Gasteiger partial charge in [-0.1, -0.05) is 22.9 Å². The van der Waals surface area contributed by atoms with Gasteiger partial charge < -0.3 is 20.1 Å². The quantitative estimate of drug-likeness (QED) is 0.846. The summed E-state index contributed by atoms with van der Waals surface area (Å²) in [4.78, 5) is 18.6. The van der Waals surface area contributed by atoms with Gasteiger partial charge in [0.25, 0.3) is 0 Å². The van der Waals surface area contributed by atoms with E-state index in [1.54, 1.807) is 23.5 Å². The number of fused-ring (bicyclic) bond motifs is 1. The maximum atomic E-state index is 10.8. The van der Waals surface area contributed by atoms with Crippen molar-refractivity contribution in [1.29, 1.82) is 0 Å². The number of carboxylic acids is 1. The smallest absolute Gasteiger partial charge is 0.341 e. The molecule has 2 aromatic rings. The van der Waals surface area contributed by atoms with Crippen molar-refractivity contribution < 1.29 is 14.6 Å². The maximum Gasteiger partial charge on any atom is 0.341 e. The lowest BCUT2D eigenvalue weighted by Crippen LogP contribution is -2.30. The summed E-state index contributed by atoms with van der Waals surface area (Å²) >= 11 is 7.78. The third-order valence-electron chi connectivity index (χ3n) is 3.71. The van der Waals surface area contributed by atoms with Crippen molar-refractivity contribution in [2.45, 2.75) is 12.5 Å². The number of thiazole rings is 1. The van der Waals surface area contributed by atoms with Crippen molar-refractivity contribution in [3.8, 4) is 5.75 Å². The highest BCUT2D eigenvalue weighted by Gasteiger charge is 2.28. The summed E-state index contributed by atoms with van der Waals surface area (Å²) in [5.74, 6) is -0.493. The molecule has 8 heteroatoms. The fourth-order valence-corrected chi connectivity index (χ4v) is 3.95. The fourth-order valence-electron chi connectivity index (χ4n) is 2.64. The first-order valence-corrected chi connectivity index (χ1v) is 8.69. The third-order valence-corrected chi connectivity index (χ3v) is 5.27. The van der Waals surface area contributed by atoms with E-state index in [9.17, 15) is 4.79 Å². The van der Waals surface area contributed by atoms with Crippen LogP contribution in [0.1, 0.15) is 22.2 Å². The molecule has 1 aliphatic rings. The molecular weight excluding hydrogens is 350 g/mol. The molecule has 0 aliphatic carbocycles. The molecule has 6 nitrogen and oxygen atoms in total. The van der Waals surface area contributed by atoms with Crippen LogP contribution < -0.4 is 15.0 Å². The van der Waals surface area contributed by atoms with Gasteiger partial charge in [-0.3, -0.25) is 0 Å². The van der Waals surface area contributed by atoms with Gasteiger partial charge in [0.2, 0.25) is 0 Å². The van der Waals surface area contributed by atoms with Gasteiger partial charge in [0.1, 0.15) is 5.75 Å². The Morgan fingerprint density at radius 1 is 1.54 bits per heavy atom. The second-order valence-electron chi connectivity index (χ2n) is 5.70. The minimum atomic E-state index is -1.01. The number of halogens is 1. The number of nitrogens with one attached hydrogen (secondary N) is 1. The Kier molecular flexibility index (Phi) is 4.93. The standard InChI is InChI=1S/C16H18ClN3O3S/c1-20(2)16-19-11-5-6-18-14(15(11)24-16)10-7-9(17)3-4-12(10)23-8-13(21)22/h3-4,7,14,18H,5-6,8H2,1-2H3,(H,21,22). The molecule has 0 saturated carbocycles. The minimum absolute atomic E-state index is 0.109. The lowest BCUT2D eigenvalue weighted by Gasteiger charge is -2.25. The second-order valence-corrected chi connectivity index (χ2v) is 7.15. The highest BCUT2D eigenvalue weighted by molar-refractivity contribution is 7.15. The van der Waals surface area contributed by atoms with Crippen molar-refractivity contribution in [1.82, 2.24) is 10.3 Å². The zero-order valence-electron chi connectivity index (χ0n) is 13.4. The summed E-state index contributed by atoms with van der Waals surface area (Å²) < 4.78 is 5.45. The van der Waals surface area contributed by atoms with Gasteiger partial charge in [-0.05, 0) is 18.2 Å². The monoisotopic (exact) mass is 367 g/mol. The number of anilines is 1. The SMILES string of the molecule is CN(C)c1nc2c(s1)C(c1cc(Cl)ccc1OCC(=O)O)NCC2. The first-order valence-electron chi connectivity index (χ1n) is 7.50. The molecule has 1 aromatic heterocycles. The van der Waals surface area contributed by atoms with Gasteiger partial charge in [-0.2, -0.15) is 0 Å². The van der Waals surface area contributed by atoms with Crippen LogP contribution in [0.3, 0.4) is 0 Å². The number of carbonyl (C=O) groups is 1. The third kappa shape index (κ3) is 3.48. The number of hydrogen-bond donors (Lipinski definition) is 2. The lowest BCUT2D eigenvalue weighted by molar-refractivity contribution is -0.139. The molecule has 0 saturated heterocycles. The molecule has 0 amide bonds. The zero-order chi connectivity index (χ0) is 17.3. The molecule has 0 fully saturated rings. The van der Waals surface area contributed by atoms with Gasteiger partial charge in [0.15, 0.2) is 11.7 Å². The number of nitrogens with zero attached hydrogens (tertiary/aromatic N) is 2. The van der Waals surface area contributed by atoms with Crippen LogP contribution in [0.25, 0.3) is 0 Å². The van der Waals surface area contributed by atoms with E-state index < -0.39 is 5.97 Å². The van der Waals surface area contributed by atoms with E-state index in [0.717, 1.165) is 34.2 Å². The van der Waals surface area contributed by atoms with Gasteiger partial charge in [0, 0.05) is 37.6 Å². The first-order chi connectivity index (χ1) is 11.5. The number of hydrogen-bond acceptors (Lipinski definition) is 6. The summed E-state index contributed by atoms with van der Waals surface area (Å²) in [6.07, 6.45) is 0.863. The number of ether oxygens (including phenoxy) is 1. The molecule has 24 heavy (non-hydrogen) atoms. The van der Waals surface area contributed by atoms with E-state index in [2.05, 4.69) is 10.3 Å². The minimum Gasteiger partial charge on any atom is -0.482 e. The molecule has 1 aliphatic heterocycles. The molecule has 0 radical (unpaired) electrons. The van der Waals surface area contributed by atoms with Crippen LogP contribution in [0.15, 0.2) is 18.2 Å². The molecular formula is C16H18ClN3O3S. The van der Waals surface area contributed by atoms with E-state index in [0.29, 0.717) is 10.8 Å². The molecule has 0 spiro atoms. The number of aromatic nitrogens is 1. The van der Waals surface area contributed by atoms with Gasteiger partial charge in [-0.25, -0.2) is 9.78 Å². The summed E-state index contributed by atoms with van der Waals surface area (Å²) in [6.45, 7) is 0.402. The van der Waals surface area contributed by atoms with E-state index in [1.807, 2.05) is 25.1 Å². The largest absolute Gasteiger partial charge is 0.482 e. The topological polar surface area (TPSA) is 74.7 Å². The molecule has 2 heterocycles. The van der Waals surface area contributed by atoms with Gasteiger partial charge in [-0.15, -0.1) is 0 Å². The van der Waals surface area contributed by atoms with E-state index >= 15 is 0 Å². The first kappa shape index (κ1) is 17.0. The second kappa shape index (κ2) is 6.96. The van der Waals surface area contributed by atoms with Crippen molar-refractivity contribution in [3.63, 3.8) is 0 Å². The van der Waals surface area contributed by atoms with Crippen LogP contribution in [0.4, 0.5) is 5.13 Å². The number of rotatable bonds is 5. The normalized spacial score (nSPS) is 16.5. The number of aliphatic carboxylic acids is 1. The zero-order valence-corrected chi connectivity index (χ0v) is 14.9. The average Bonchev–Trinajstić information content (AvgIpc) is 2.98. The van der Waals surface area contributed by atoms with E-state index in [4.69, 9.17) is 21.4 Å². The van der Waals surface area contributed by atoms with E-state index in [1.165, 1.54) is 0 Å². The lowest BCUT2D eigenvalue weighted by atomic mass is 9.99.